The molecule has 0 aliphatic heterocycles. The summed E-state index contributed by atoms with van der Waals surface area (Å²) in [5, 5.41) is 2.37. The molecule has 0 N–H and O–H groups in total. The number of rotatable bonds is 3. The monoisotopic (exact) mass is 493 g/mol. The van der Waals surface area contributed by atoms with Gasteiger partial charge in [0.15, 0.2) is 0 Å². The van der Waals surface area contributed by atoms with Crippen LogP contribution in [-0.2, 0) is 5.41 Å². The van der Waals surface area contributed by atoms with Gasteiger partial charge in [-0.2, -0.15) is 0 Å². The summed E-state index contributed by atoms with van der Waals surface area (Å²) in [5.41, 5.74) is 11.6. The minimum atomic E-state index is -0.426. The number of hydrogen-bond donors (Lipinski definition) is 0. The standard InChI is InChI=1S/C37H24BN/c38-27-20-22-36-32(24-27)31-23-26(19-21-35(31)39(36)28-13-5-2-6-14-28)37(25-11-3-1-4-12-25)33-17-9-7-15-29(33)30-16-8-10-18-34(30)37/h1-24H. The Morgan fingerprint density at radius 1 is 0.462 bits per heavy atom. The van der Waals surface area contributed by atoms with Crippen LogP contribution in [0.1, 0.15) is 22.3 Å². The summed E-state index contributed by atoms with van der Waals surface area (Å²) in [6.07, 6.45) is 0. The maximum Gasteiger partial charge on any atom is 0.113 e. The third-order valence-electron chi connectivity index (χ3n) is 8.40. The van der Waals surface area contributed by atoms with Crippen LogP contribution in [0.3, 0.4) is 0 Å². The molecule has 0 spiro atoms. The second-order valence-corrected chi connectivity index (χ2v) is 10.4. The van der Waals surface area contributed by atoms with Gasteiger partial charge in [-0.1, -0.05) is 121 Å². The Balaban J connectivity index is 1.52. The molecule has 2 radical (unpaired) electrons. The molecule has 39 heavy (non-hydrogen) atoms. The van der Waals surface area contributed by atoms with Crippen molar-refractivity contribution in [2.45, 2.75) is 5.41 Å². The zero-order chi connectivity index (χ0) is 26.0. The third-order valence-corrected chi connectivity index (χ3v) is 8.40. The highest BCUT2D eigenvalue weighted by Crippen LogP contribution is 2.56. The summed E-state index contributed by atoms with van der Waals surface area (Å²) >= 11 is 0. The van der Waals surface area contributed by atoms with Crippen LogP contribution in [0.2, 0.25) is 0 Å². The van der Waals surface area contributed by atoms with Crippen molar-refractivity contribution in [1.82, 2.24) is 4.57 Å². The van der Waals surface area contributed by atoms with E-state index in [1.807, 2.05) is 6.07 Å². The molecule has 0 unspecified atom stereocenters. The Hall–Kier alpha value is -4.82. The zero-order valence-corrected chi connectivity index (χ0v) is 21.4. The molecule has 1 nitrogen and oxygen atoms in total. The Labute approximate surface area is 229 Å². The van der Waals surface area contributed by atoms with Gasteiger partial charge in [0.05, 0.1) is 16.4 Å². The highest BCUT2D eigenvalue weighted by atomic mass is 15.0. The van der Waals surface area contributed by atoms with E-state index in [9.17, 15) is 0 Å². The number of benzene rings is 6. The molecule has 2 heteroatoms. The highest BCUT2D eigenvalue weighted by molar-refractivity contribution is 6.34. The smallest absolute Gasteiger partial charge is 0.113 e. The summed E-state index contributed by atoms with van der Waals surface area (Å²) in [5.74, 6) is 0. The minimum absolute atomic E-state index is 0.426. The molecule has 1 aromatic heterocycles. The SMILES string of the molecule is [B]c1ccc2c(c1)c1cc(C3(c4ccccc4)c4ccccc4-c4ccccc43)ccc1n2-c1ccccc1. The first-order chi connectivity index (χ1) is 19.3. The van der Waals surface area contributed by atoms with Crippen LogP contribution >= 0.6 is 0 Å². The van der Waals surface area contributed by atoms with Gasteiger partial charge in [0.25, 0.3) is 0 Å². The van der Waals surface area contributed by atoms with Gasteiger partial charge in [0, 0.05) is 16.5 Å². The minimum Gasteiger partial charge on any atom is -0.309 e. The molecule has 6 aromatic carbocycles. The van der Waals surface area contributed by atoms with Crippen LogP contribution < -0.4 is 5.46 Å². The van der Waals surface area contributed by atoms with E-state index >= 15 is 0 Å². The van der Waals surface area contributed by atoms with Gasteiger partial charge < -0.3 is 4.57 Å². The lowest BCUT2D eigenvalue weighted by Crippen LogP contribution is -2.28. The molecule has 0 saturated carbocycles. The van der Waals surface area contributed by atoms with E-state index in [0.29, 0.717) is 0 Å². The van der Waals surface area contributed by atoms with Crippen molar-refractivity contribution in [2.24, 2.45) is 0 Å². The van der Waals surface area contributed by atoms with Crippen molar-refractivity contribution >= 4 is 35.1 Å². The largest absolute Gasteiger partial charge is 0.309 e. The molecule has 180 valence electrons. The first-order valence-corrected chi connectivity index (χ1v) is 13.4. The Kier molecular flexibility index (Phi) is 4.75. The van der Waals surface area contributed by atoms with E-state index in [-0.39, 0.29) is 0 Å². The molecule has 0 atom stereocenters. The zero-order valence-electron chi connectivity index (χ0n) is 21.4. The first-order valence-electron chi connectivity index (χ1n) is 13.4. The van der Waals surface area contributed by atoms with Gasteiger partial charge in [-0.05, 0) is 63.7 Å². The maximum absolute atomic E-state index is 6.36. The lowest BCUT2D eigenvalue weighted by molar-refractivity contribution is 0.770. The summed E-state index contributed by atoms with van der Waals surface area (Å²) in [6.45, 7) is 0. The van der Waals surface area contributed by atoms with Gasteiger partial charge in [-0.15, -0.1) is 0 Å². The normalized spacial score (nSPS) is 13.4. The Morgan fingerprint density at radius 2 is 1.00 bits per heavy atom. The van der Waals surface area contributed by atoms with Crippen molar-refractivity contribution in [1.29, 1.82) is 0 Å². The number of nitrogens with zero attached hydrogens (tertiary/aromatic N) is 1. The highest BCUT2D eigenvalue weighted by Gasteiger charge is 2.45. The van der Waals surface area contributed by atoms with Crippen LogP contribution in [0.4, 0.5) is 0 Å². The average molecular weight is 493 g/mol. The lowest BCUT2D eigenvalue weighted by atomic mass is 9.67. The second kappa shape index (κ2) is 8.34. The van der Waals surface area contributed by atoms with E-state index in [2.05, 4.69) is 144 Å². The van der Waals surface area contributed by atoms with Crippen molar-refractivity contribution in [3.63, 3.8) is 0 Å². The van der Waals surface area contributed by atoms with E-state index in [1.54, 1.807) is 0 Å². The molecule has 7 aromatic rings. The summed E-state index contributed by atoms with van der Waals surface area (Å²) in [7, 11) is 6.36. The van der Waals surface area contributed by atoms with Crippen LogP contribution in [0.5, 0.6) is 0 Å². The predicted molar refractivity (Wildman–Crippen MR) is 163 cm³/mol. The molecule has 1 aliphatic carbocycles. The van der Waals surface area contributed by atoms with Crippen LogP contribution in [0, 0.1) is 0 Å². The number of para-hydroxylation sites is 1. The van der Waals surface area contributed by atoms with E-state index in [4.69, 9.17) is 7.85 Å². The Morgan fingerprint density at radius 3 is 1.67 bits per heavy atom. The summed E-state index contributed by atoms with van der Waals surface area (Å²) < 4.78 is 2.35. The molecular formula is C37H24BN. The van der Waals surface area contributed by atoms with Gasteiger partial charge >= 0.3 is 0 Å². The molecule has 8 rings (SSSR count). The van der Waals surface area contributed by atoms with Crippen LogP contribution in [-0.4, -0.2) is 12.4 Å². The van der Waals surface area contributed by atoms with Crippen molar-refractivity contribution in [2.75, 3.05) is 0 Å². The number of aromatic nitrogens is 1. The molecule has 1 heterocycles. The fourth-order valence-electron chi connectivity index (χ4n) is 6.84. The molecular weight excluding hydrogens is 469 g/mol. The Bertz CT molecular complexity index is 1970. The molecule has 0 fully saturated rings. The van der Waals surface area contributed by atoms with Crippen LogP contribution in [0.15, 0.2) is 146 Å². The molecule has 0 amide bonds. The van der Waals surface area contributed by atoms with Gasteiger partial charge in [0.1, 0.15) is 7.85 Å². The van der Waals surface area contributed by atoms with E-state index in [0.717, 1.165) is 16.7 Å². The first kappa shape index (κ1) is 22.2. The van der Waals surface area contributed by atoms with Crippen molar-refractivity contribution in [3.05, 3.63) is 168 Å². The van der Waals surface area contributed by atoms with Crippen molar-refractivity contribution < 1.29 is 0 Å². The van der Waals surface area contributed by atoms with E-state index < -0.39 is 5.41 Å². The summed E-state index contributed by atoms with van der Waals surface area (Å²) in [4.78, 5) is 0. The number of fused-ring (bicyclic) bond motifs is 6. The summed E-state index contributed by atoms with van der Waals surface area (Å²) in [6, 6.07) is 52.6. The fourth-order valence-corrected chi connectivity index (χ4v) is 6.84. The van der Waals surface area contributed by atoms with Crippen LogP contribution in [0.25, 0.3) is 38.6 Å². The van der Waals surface area contributed by atoms with Gasteiger partial charge in [-0.25, -0.2) is 0 Å². The van der Waals surface area contributed by atoms with Crippen molar-refractivity contribution in [3.8, 4) is 16.8 Å². The second-order valence-electron chi connectivity index (χ2n) is 10.4. The van der Waals surface area contributed by atoms with Gasteiger partial charge in [-0.3, -0.25) is 0 Å². The average Bonchev–Trinajstić information content (AvgIpc) is 3.48. The maximum atomic E-state index is 6.36. The molecule has 0 saturated heterocycles. The van der Waals surface area contributed by atoms with Gasteiger partial charge in [0.2, 0.25) is 0 Å². The van der Waals surface area contributed by atoms with E-state index in [1.165, 1.54) is 49.7 Å². The number of hydrogen-bond acceptors (Lipinski definition) is 0. The molecule has 0 bridgehead atoms. The third kappa shape index (κ3) is 3.03. The molecule has 1 aliphatic rings. The topological polar surface area (TPSA) is 4.93 Å². The predicted octanol–water partition coefficient (Wildman–Crippen LogP) is 7.94. The lowest BCUT2D eigenvalue weighted by Gasteiger charge is -2.34. The quantitative estimate of drug-likeness (QED) is 0.220. The fraction of sp³-hybridized carbons (Fsp3) is 0.0270.